The SMILES string of the molecule is CC(C)(C)c1nccc(C2CCC(=O)NC2=O)n1. The Morgan fingerprint density at radius 3 is 2.67 bits per heavy atom. The molecule has 0 saturated carbocycles. The van der Waals surface area contributed by atoms with Crippen molar-refractivity contribution in [3.05, 3.63) is 23.8 Å². The summed E-state index contributed by atoms with van der Waals surface area (Å²) in [6.45, 7) is 6.07. The van der Waals surface area contributed by atoms with Crippen LogP contribution in [0.2, 0.25) is 0 Å². The van der Waals surface area contributed by atoms with Crippen molar-refractivity contribution in [1.82, 2.24) is 15.3 Å². The normalized spacial score (nSPS) is 20.7. The minimum absolute atomic E-state index is 0.156. The fraction of sp³-hybridized carbons (Fsp3) is 0.538. The Morgan fingerprint density at radius 2 is 2.06 bits per heavy atom. The minimum atomic E-state index is -0.341. The molecule has 0 bridgehead atoms. The third-order valence-corrected chi connectivity index (χ3v) is 2.94. The number of carbonyl (C=O) groups excluding carboxylic acids is 2. The number of hydrogen-bond donors (Lipinski definition) is 1. The molecule has 1 N–H and O–H groups in total. The topological polar surface area (TPSA) is 72.0 Å². The van der Waals surface area contributed by atoms with Gasteiger partial charge < -0.3 is 0 Å². The number of piperidine rings is 1. The summed E-state index contributed by atoms with van der Waals surface area (Å²) >= 11 is 0. The third-order valence-electron chi connectivity index (χ3n) is 2.94. The molecule has 18 heavy (non-hydrogen) atoms. The monoisotopic (exact) mass is 247 g/mol. The first-order valence-electron chi connectivity index (χ1n) is 6.05. The van der Waals surface area contributed by atoms with E-state index < -0.39 is 0 Å². The van der Waals surface area contributed by atoms with Gasteiger partial charge in [-0.15, -0.1) is 0 Å². The summed E-state index contributed by atoms with van der Waals surface area (Å²) in [5.41, 5.74) is 0.539. The molecule has 96 valence electrons. The van der Waals surface area contributed by atoms with Crippen molar-refractivity contribution in [3.8, 4) is 0 Å². The smallest absolute Gasteiger partial charge is 0.235 e. The highest BCUT2D eigenvalue weighted by atomic mass is 16.2. The summed E-state index contributed by atoms with van der Waals surface area (Å²) in [7, 11) is 0. The van der Waals surface area contributed by atoms with E-state index in [9.17, 15) is 9.59 Å². The summed E-state index contributed by atoms with van der Waals surface area (Å²) < 4.78 is 0. The van der Waals surface area contributed by atoms with Gasteiger partial charge in [0.05, 0.1) is 11.6 Å². The lowest BCUT2D eigenvalue weighted by atomic mass is 9.92. The van der Waals surface area contributed by atoms with Crippen molar-refractivity contribution in [2.45, 2.75) is 44.9 Å². The first-order valence-corrected chi connectivity index (χ1v) is 6.05. The van der Waals surface area contributed by atoms with E-state index in [1.54, 1.807) is 12.3 Å². The summed E-state index contributed by atoms with van der Waals surface area (Å²) in [5, 5.41) is 2.35. The highest BCUT2D eigenvalue weighted by Crippen LogP contribution is 2.25. The van der Waals surface area contributed by atoms with Gasteiger partial charge in [-0.25, -0.2) is 9.97 Å². The second kappa shape index (κ2) is 4.48. The van der Waals surface area contributed by atoms with Gasteiger partial charge in [0.15, 0.2) is 0 Å². The second-order valence-corrected chi connectivity index (χ2v) is 5.56. The molecule has 2 amide bonds. The van der Waals surface area contributed by atoms with Crippen LogP contribution in [0.25, 0.3) is 0 Å². The maximum atomic E-state index is 11.8. The maximum Gasteiger partial charge on any atom is 0.235 e. The molecule has 0 radical (unpaired) electrons. The van der Waals surface area contributed by atoms with Crippen molar-refractivity contribution in [3.63, 3.8) is 0 Å². The van der Waals surface area contributed by atoms with Crippen LogP contribution in [0.3, 0.4) is 0 Å². The van der Waals surface area contributed by atoms with Crippen molar-refractivity contribution < 1.29 is 9.59 Å². The van der Waals surface area contributed by atoms with Crippen LogP contribution in [0.5, 0.6) is 0 Å². The number of hydrogen-bond acceptors (Lipinski definition) is 4. The van der Waals surface area contributed by atoms with E-state index in [0.29, 0.717) is 24.4 Å². The zero-order chi connectivity index (χ0) is 13.3. The number of imide groups is 1. The number of nitrogens with zero attached hydrogens (tertiary/aromatic N) is 2. The van der Waals surface area contributed by atoms with Gasteiger partial charge in [-0.1, -0.05) is 20.8 Å². The Balaban J connectivity index is 2.29. The number of carbonyl (C=O) groups is 2. The van der Waals surface area contributed by atoms with Crippen LogP contribution < -0.4 is 5.32 Å². The van der Waals surface area contributed by atoms with Gasteiger partial charge in [0.1, 0.15) is 5.82 Å². The van der Waals surface area contributed by atoms with Crippen LogP contribution in [-0.4, -0.2) is 21.8 Å². The van der Waals surface area contributed by atoms with Crippen LogP contribution in [-0.2, 0) is 15.0 Å². The lowest BCUT2D eigenvalue weighted by Crippen LogP contribution is -2.40. The zero-order valence-electron chi connectivity index (χ0n) is 10.9. The van der Waals surface area contributed by atoms with E-state index in [1.165, 1.54) is 0 Å². The average molecular weight is 247 g/mol. The molecule has 1 aromatic heterocycles. The number of aromatic nitrogens is 2. The highest BCUT2D eigenvalue weighted by molar-refractivity contribution is 6.00. The fourth-order valence-electron chi connectivity index (χ4n) is 1.90. The van der Waals surface area contributed by atoms with Crippen molar-refractivity contribution >= 4 is 11.8 Å². The van der Waals surface area contributed by atoms with Crippen LogP contribution in [0.15, 0.2) is 12.3 Å². The first-order chi connectivity index (χ1) is 8.38. The molecule has 0 aromatic carbocycles. The Labute approximate surface area is 106 Å². The molecule has 1 aliphatic rings. The minimum Gasteiger partial charge on any atom is -0.296 e. The van der Waals surface area contributed by atoms with Crippen LogP contribution in [0, 0.1) is 0 Å². The molecule has 0 aliphatic carbocycles. The number of amides is 2. The Bertz CT molecular complexity index is 491. The van der Waals surface area contributed by atoms with Gasteiger partial charge >= 0.3 is 0 Å². The first kappa shape index (κ1) is 12.7. The number of nitrogens with one attached hydrogen (secondary N) is 1. The molecule has 1 fully saturated rings. The lowest BCUT2D eigenvalue weighted by molar-refractivity contribution is -0.134. The van der Waals surface area contributed by atoms with E-state index in [4.69, 9.17) is 0 Å². The van der Waals surface area contributed by atoms with Crippen LogP contribution >= 0.6 is 0 Å². The molecule has 1 unspecified atom stereocenters. The highest BCUT2D eigenvalue weighted by Gasteiger charge is 2.30. The van der Waals surface area contributed by atoms with E-state index >= 15 is 0 Å². The van der Waals surface area contributed by atoms with Gasteiger partial charge in [0.2, 0.25) is 11.8 Å². The van der Waals surface area contributed by atoms with Gasteiger partial charge in [0.25, 0.3) is 0 Å². The second-order valence-electron chi connectivity index (χ2n) is 5.56. The van der Waals surface area contributed by atoms with Crippen molar-refractivity contribution in [2.75, 3.05) is 0 Å². The molecule has 0 spiro atoms. The zero-order valence-corrected chi connectivity index (χ0v) is 10.9. The molecule has 2 heterocycles. The summed E-state index contributed by atoms with van der Waals surface area (Å²) in [4.78, 5) is 31.6. The van der Waals surface area contributed by atoms with Crippen molar-refractivity contribution in [2.24, 2.45) is 0 Å². The maximum absolute atomic E-state index is 11.8. The quantitative estimate of drug-likeness (QED) is 0.759. The molecular weight excluding hydrogens is 230 g/mol. The molecule has 1 aliphatic heterocycles. The van der Waals surface area contributed by atoms with Crippen molar-refractivity contribution in [1.29, 1.82) is 0 Å². The average Bonchev–Trinajstić information content (AvgIpc) is 2.28. The van der Waals surface area contributed by atoms with Gasteiger partial charge in [-0.2, -0.15) is 0 Å². The molecule has 1 aromatic rings. The van der Waals surface area contributed by atoms with E-state index in [0.717, 1.165) is 0 Å². The van der Waals surface area contributed by atoms with Gasteiger partial charge in [-0.3, -0.25) is 14.9 Å². The Hall–Kier alpha value is -1.78. The largest absolute Gasteiger partial charge is 0.296 e. The number of rotatable bonds is 1. The molecular formula is C13H17N3O2. The Morgan fingerprint density at radius 1 is 1.33 bits per heavy atom. The van der Waals surface area contributed by atoms with Gasteiger partial charge in [0, 0.05) is 18.0 Å². The molecule has 5 nitrogen and oxygen atoms in total. The summed E-state index contributed by atoms with van der Waals surface area (Å²) in [6.07, 6.45) is 2.56. The van der Waals surface area contributed by atoms with Gasteiger partial charge in [-0.05, 0) is 12.5 Å². The lowest BCUT2D eigenvalue weighted by Gasteiger charge is -2.22. The van der Waals surface area contributed by atoms with Crippen LogP contribution in [0.1, 0.15) is 51.0 Å². The van der Waals surface area contributed by atoms with E-state index in [2.05, 4.69) is 15.3 Å². The third kappa shape index (κ3) is 2.55. The fourth-order valence-corrected chi connectivity index (χ4v) is 1.90. The van der Waals surface area contributed by atoms with Crippen LogP contribution in [0.4, 0.5) is 0 Å². The van der Waals surface area contributed by atoms with E-state index in [1.807, 2.05) is 20.8 Å². The molecule has 5 heteroatoms. The molecule has 1 saturated heterocycles. The van der Waals surface area contributed by atoms with E-state index in [-0.39, 0.29) is 23.1 Å². The standard InChI is InChI=1S/C13H17N3O2/c1-13(2,3)12-14-7-6-9(15-12)8-4-5-10(17)16-11(8)18/h6-8H,4-5H2,1-3H3,(H,16,17,18). The summed E-state index contributed by atoms with van der Waals surface area (Å²) in [5.74, 6) is -0.0948. The molecule has 1 atom stereocenters. The predicted molar refractivity (Wildman–Crippen MR) is 65.9 cm³/mol. The molecule has 2 rings (SSSR count). The summed E-state index contributed by atoms with van der Waals surface area (Å²) in [6, 6.07) is 1.75. The predicted octanol–water partition coefficient (Wildman–Crippen LogP) is 1.29. The Kier molecular flexibility index (Phi) is 3.15.